The summed E-state index contributed by atoms with van der Waals surface area (Å²) in [6, 6.07) is 0. The molecule has 0 radical (unpaired) electrons. The van der Waals surface area contributed by atoms with Crippen LogP contribution in [0.2, 0.25) is 0 Å². The van der Waals surface area contributed by atoms with Crippen molar-refractivity contribution < 1.29 is 8.42 Å². The van der Waals surface area contributed by atoms with Crippen molar-refractivity contribution in [1.29, 1.82) is 0 Å². The van der Waals surface area contributed by atoms with Crippen LogP contribution in [0, 0.1) is 5.92 Å². The minimum absolute atomic E-state index is 0.369. The van der Waals surface area contributed by atoms with E-state index in [9.17, 15) is 8.42 Å². The van der Waals surface area contributed by atoms with Crippen molar-refractivity contribution in [2.45, 2.75) is 32.4 Å². The first kappa shape index (κ1) is 12.9. The van der Waals surface area contributed by atoms with Gasteiger partial charge in [-0.15, -0.1) is 0 Å². The lowest BCUT2D eigenvalue weighted by atomic mass is 10.2. The Balaban J connectivity index is 2.95. The number of hydrogen-bond acceptors (Lipinski definition) is 3. The fraction of sp³-hybridized carbons (Fsp3) is 1.00. The average molecular weight is 234 g/mol. The summed E-state index contributed by atoms with van der Waals surface area (Å²) in [5.74, 6) is 0.369. The Morgan fingerprint density at radius 3 is 2.53 bits per heavy atom. The third kappa shape index (κ3) is 2.71. The summed E-state index contributed by atoms with van der Waals surface area (Å²) in [6.07, 6.45) is 0. The molecule has 4 nitrogen and oxygen atoms in total. The van der Waals surface area contributed by atoms with Crippen LogP contribution in [0.1, 0.15) is 27.7 Å². The maximum atomic E-state index is 12.3. The molecule has 0 aromatic carbocycles. The van der Waals surface area contributed by atoms with Gasteiger partial charge in [0, 0.05) is 26.2 Å². The predicted molar refractivity (Wildman–Crippen MR) is 62.3 cm³/mol. The van der Waals surface area contributed by atoms with Crippen molar-refractivity contribution in [1.82, 2.24) is 9.62 Å². The summed E-state index contributed by atoms with van der Waals surface area (Å²) in [4.78, 5) is 0. The van der Waals surface area contributed by atoms with E-state index in [4.69, 9.17) is 0 Å². The van der Waals surface area contributed by atoms with Crippen molar-refractivity contribution in [3.05, 3.63) is 0 Å². The third-order valence-corrected chi connectivity index (χ3v) is 5.25. The highest BCUT2D eigenvalue weighted by Gasteiger charge is 2.40. The Morgan fingerprint density at radius 2 is 2.00 bits per heavy atom. The third-order valence-electron chi connectivity index (χ3n) is 2.70. The molecule has 1 fully saturated rings. The smallest absolute Gasteiger partial charge is 0.220 e. The van der Waals surface area contributed by atoms with Gasteiger partial charge in [-0.25, -0.2) is 8.42 Å². The fourth-order valence-corrected chi connectivity index (χ4v) is 3.56. The Kier molecular flexibility index (Phi) is 3.79. The molecule has 0 unspecified atom stereocenters. The van der Waals surface area contributed by atoms with Gasteiger partial charge in [-0.1, -0.05) is 13.8 Å². The van der Waals surface area contributed by atoms with Gasteiger partial charge in [0.2, 0.25) is 10.0 Å². The van der Waals surface area contributed by atoms with E-state index < -0.39 is 14.8 Å². The van der Waals surface area contributed by atoms with E-state index >= 15 is 0 Å². The molecule has 1 saturated heterocycles. The van der Waals surface area contributed by atoms with Crippen LogP contribution in [-0.4, -0.2) is 43.6 Å². The topological polar surface area (TPSA) is 49.4 Å². The number of nitrogens with zero attached hydrogens (tertiary/aromatic N) is 1. The summed E-state index contributed by atoms with van der Waals surface area (Å²) in [5.41, 5.74) is 0. The molecule has 0 aromatic heterocycles. The normalized spacial score (nSPS) is 26.5. The van der Waals surface area contributed by atoms with Gasteiger partial charge in [-0.2, -0.15) is 4.31 Å². The van der Waals surface area contributed by atoms with Crippen LogP contribution >= 0.6 is 0 Å². The zero-order valence-corrected chi connectivity index (χ0v) is 10.9. The van der Waals surface area contributed by atoms with E-state index in [2.05, 4.69) is 5.32 Å². The van der Waals surface area contributed by atoms with Crippen LogP contribution < -0.4 is 5.32 Å². The lowest BCUT2D eigenvalue weighted by Gasteiger charge is -2.29. The van der Waals surface area contributed by atoms with Gasteiger partial charge in [0.1, 0.15) is 0 Å². The number of sulfonamides is 1. The predicted octanol–water partition coefficient (Wildman–Crippen LogP) is 0.656. The SMILES string of the molecule is CC(C)CN1CCNCC(C)(C)S1(=O)=O. The molecule has 0 saturated carbocycles. The molecule has 1 heterocycles. The van der Waals surface area contributed by atoms with Crippen molar-refractivity contribution in [3.8, 4) is 0 Å². The summed E-state index contributed by atoms with van der Waals surface area (Å²) in [5, 5.41) is 3.18. The first-order chi connectivity index (χ1) is 6.77. The van der Waals surface area contributed by atoms with Crippen LogP contribution in [0.5, 0.6) is 0 Å². The highest BCUT2D eigenvalue weighted by molar-refractivity contribution is 7.90. The molecule has 1 aliphatic rings. The molecule has 0 aliphatic carbocycles. The second-order valence-electron chi connectivity index (χ2n) is 5.19. The van der Waals surface area contributed by atoms with Crippen LogP contribution in [0.3, 0.4) is 0 Å². The molecule has 0 amide bonds. The number of nitrogens with one attached hydrogen (secondary N) is 1. The second kappa shape index (κ2) is 4.39. The van der Waals surface area contributed by atoms with E-state index in [1.165, 1.54) is 0 Å². The molecule has 1 rings (SSSR count). The summed E-state index contributed by atoms with van der Waals surface area (Å²) < 4.78 is 25.5. The first-order valence-corrected chi connectivity index (χ1v) is 6.92. The Bertz CT molecular complexity index is 309. The van der Waals surface area contributed by atoms with Crippen molar-refractivity contribution in [3.63, 3.8) is 0 Å². The van der Waals surface area contributed by atoms with Crippen molar-refractivity contribution in [2.75, 3.05) is 26.2 Å². The molecule has 0 bridgehead atoms. The maximum absolute atomic E-state index is 12.3. The molecule has 0 aromatic rings. The summed E-state index contributed by atoms with van der Waals surface area (Å²) >= 11 is 0. The number of rotatable bonds is 2. The van der Waals surface area contributed by atoms with Gasteiger partial charge in [0.15, 0.2) is 0 Å². The Labute approximate surface area is 93.1 Å². The van der Waals surface area contributed by atoms with E-state index in [1.807, 2.05) is 13.8 Å². The first-order valence-electron chi connectivity index (χ1n) is 5.48. The average Bonchev–Trinajstić information content (AvgIpc) is 2.16. The molecule has 0 spiro atoms. The van der Waals surface area contributed by atoms with E-state index in [-0.39, 0.29) is 0 Å². The second-order valence-corrected chi connectivity index (χ2v) is 7.77. The van der Waals surface area contributed by atoms with Crippen molar-refractivity contribution in [2.24, 2.45) is 5.92 Å². The molecular formula is C10H22N2O2S. The minimum Gasteiger partial charge on any atom is -0.314 e. The van der Waals surface area contributed by atoms with Gasteiger partial charge < -0.3 is 5.32 Å². The van der Waals surface area contributed by atoms with Gasteiger partial charge in [-0.3, -0.25) is 0 Å². The van der Waals surface area contributed by atoms with E-state index in [1.54, 1.807) is 18.2 Å². The van der Waals surface area contributed by atoms with Gasteiger partial charge in [0.05, 0.1) is 4.75 Å². The molecule has 15 heavy (non-hydrogen) atoms. The van der Waals surface area contributed by atoms with Crippen LogP contribution in [0.25, 0.3) is 0 Å². The Hall–Kier alpha value is -0.130. The zero-order valence-electron chi connectivity index (χ0n) is 10.1. The highest BCUT2D eigenvalue weighted by atomic mass is 32.2. The molecule has 1 aliphatic heterocycles. The molecule has 0 atom stereocenters. The van der Waals surface area contributed by atoms with E-state index in [0.29, 0.717) is 25.6 Å². The zero-order chi connectivity index (χ0) is 11.7. The molecular weight excluding hydrogens is 212 g/mol. The monoisotopic (exact) mass is 234 g/mol. The molecule has 90 valence electrons. The summed E-state index contributed by atoms with van der Waals surface area (Å²) in [6.45, 7) is 10.1. The van der Waals surface area contributed by atoms with Crippen molar-refractivity contribution >= 4 is 10.0 Å². The lowest BCUT2D eigenvalue weighted by molar-refractivity contribution is 0.369. The van der Waals surface area contributed by atoms with Crippen LogP contribution in [0.15, 0.2) is 0 Å². The summed E-state index contributed by atoms with van der Waals surface area (Å²) in [7, 11) is -3.16. The highest BCUT2D eigenvalue weighted by Crippen LogP contribution is 2.22. The van der Waals surface area contributed by atoms with Crippen LogP contribution in [0.4, 0.5) is 0 Å². The quantitative estimate of drug-likeness (QED) is 0.763. The number of hydrogen-bond donors (Lipinski definition) is 1. The molecule has 1 N–H and O–H groups in total. The maximum Gasteiger partial charge on any atom is 0.220 e. The largest absolute Gasteiger partial charge is 0.314 e. The minimum atomic E-state index is -3.16. The lowest BCUT2D eigenvalue weighted by Crippen LogP contribution is -2.47. The van der Waals surface area contributed by atoms with Gasteiger partial charge in [0.25, 0.3) is 0 Å². The van der Waals surface area contributed by atoms with Gasteiger partial charge in [-0.05, 0) is 19.8 Å². The van der Waals surface area contributed by atoms with Crippen LogP contribution in [-0.2, 0) is 10.0 Å². The standard InChI is InChI=1S/C10H22N2O2S/c1-9(2)7-12-6-5-11-8-10(3,4)15(12,13)14/h9,11H,5-8H2,1-4H3. The Morgan fingerprint density at radius 1 is 1.40 bits per heavy atom. The molecule has 5 heteroatoms. The van der Waals surface area contributed by atoms with E-state index in [0.717, 1.165) is 6.54 Å². The fourth-order valence-electron chi connectivity index (χ4n) is 1.75. The van der Waals surface area contributed by atoms with Gasteiger partial charge >= 0.3 is 0 Å².